The topological polar surface area (TPSA) is 71.0 Å². The third kappa shape index (κ3) is 5.89. The van der Waals surface area contributed by atoms with Crippen molar-refractivity contribution in [2.75, 3.05) is 25.6 Å². The van der Waals surface area contributed by atoms with Gasteiger partial charge in [0.2, 0.25) is 11.8 Å². The van der Waals surface area contributed by atoms with E-state index in [-0.39, 0.29) is 18.0 Å². The lowest BCUT2D eigenvalue weighted by molar-refractivity contribution is -0.128. The molecule has 164 valence electrons. The molecule has 1 unspecified atom stereocenters. The van der Waals surface area contributed by atoms with Crippen molar-refractivity contribution in [3.63, 3.8) is 0 Å². The fourth-order valence-electron chi connectivity index (χ4n) is 3.20. The van der Waals surface area contributed by atoms with Gasteiger partial charge >= 0.3 is 0 Å². The second-order valence-corrected chi connectivity index (χ2v) is 8.38. The molecule has 0 saturated carbocycles. The molecule has 2 aromatic rings. The number of carbonyl (C=O) groups is 2. The van der Waals surface area contributed by atoms with Gasteiger partial charge in [-0.25, -0.2) is 13.8 Å². The van der Waals surface area contributed by atoms with Crippen molar-refractivity contribution < 1.29 is 23.1 Å². The molecule has 6 nitrogen and oxygen atoms in total. The van der Waals surface area contributed by atoms with Crippen LogP contribution in [-0.2, 0) is 14.3 Å². The highest BCUT2D eigenvalue weighted by atomic mass is 32.2. The zero-order chi connectivity index (χ0) is 22.5. The number of hydrogen-bond acceptors (Lipinski definition) is 5. The van der Waals surface area contributed by atoms with Crippen molar-refractivity contribution in [1.29, 1.82) is 0 Å². The van der Waals surface area contributed by atoms with E-state index >= 15 is 0 Å². The second-order valence-electron chi connectivity index (χ2n) is 7.21. The molecule has 1 heterocycles. The highest BCUT2D eigenvalue weighted by Gasteiger charge is 2.39. The number of carbonyl (C=O) groups excluding carboxylic acids is 2. The Morgan fingerprint density at radius 3 is 2.55 bits per heavy atom. The van der Waals surface area contributed by atoms with E-state index < -0.39 is 22.8 Å². The lowest BCUT2D eigenvalue weighted by atomic mass is 10.1. The molecule has 0 bridgehead atoms. The highest BCUT2D eigenvalue weighted by Crippen LogP contribution is 2.32. The Balaban J connectivity index is 1.77. The van der Waals surface area contributed by atoms with E-state index in [1.807, 2.05) is 32.0 Å². The van der Waals surface area contributed by atoms with Gasteiger partial charge in [0, 0.05) is 19.6 Å². The summed E-state index contributed by atoms with van der Waals surface area (Å²) in [6, 6.07) is 8.74. The molecular weight excluding hydrogens is 424 g/mol. The number of amidine groups is 1. The lowest BCUT2D eigenvalue weighted by Gasteiger charge is -2.16. The van der Waals surface area contributed by atoms with E-state index in [2.05, 4.69) is 10.3 Å². The molecule has 1 aliphatic heterocycles. The SMILES string of the molecule is COCCN1C(=O)C(CC(=O)Nc2ccc(F)cc2F)SC1=Nc1cc(C)cc(C)c1. The van der Waals surface area contributed by atoms with Gasteiger partial charge in [0.15, 0.2) is 5.17 Å². The number of aryl methyl sites for hydroxylation is 2. The third-order valence-corrected chi connectivity index (χ3v) is 5.72. The van der Waals surface area contributed by atoms with Gasteiger partial charge < -0.3 is 10.1 Å². The summed E-state index contributed by atoms with van der Waals surface area (Å²) in [6.07, 6.45) is -0.171. The normalized spacial score (nSPS) is 17.5. The molecule has 1 aliphatic rings. The van der Waals surface area contributed by atoms with E-state index in [9.17, 15) is 18.4 Å². The standard InChI is InChI=1S/C22H23F2N3O3S/c1-13-8-14(2)10-16(9-13)25-22-27(6-7-30-3)21(29)19(31-22)12-20(28)26-18-5-4-15(23)11-17(18)24/h4-5,8-11,19H,6-7,12H2,1-3H3,(H,26,28). The van der Waals surface area contributed by atoms with Gasteiger partial charge in [-0.3, -0.25) is 14.5 Å². The maximum atomic E-state index is 13.8. The number of methoxy groups -OCH3 is 1. The van der Waals surface area contributed by atoms with Gasteiger partial charge in [-0.1, -0.05) is 17.8 Å². The van der Waals surface area contributed by atoms with Gasteiger partial charge in [-0.2, -0.15) is 0 Å². The van der Waals surface area contributed by atoms with Gasteiger partial charge in [-0.15, -0.1) is 0 Å². The van der Waals surface area contributed by atoms with Crippen molar-refractivity contribution in [2.24, 2.45) is 4.99 Å². The Bertz CT molecular complexity index is 1010. The zero-order valence-corrected chi connectivity index (χ0v) is 18.3. The molecule has 1 N–H and O–H groups in total. The number of rotatable bonds is 7. The number of amides is 2. The Kier molecular flexibility index (Phi) is 7.40. The van der Waals surface area contributed by atoms with E-state index in [4.69, 9.17) is 4.74 Å². The number of aliphatic imine (C=N–C) groups is 1. The Morgan fingerprint density at radius 2 is 1.90 bits per heavy atom. The molecule has 0 spiro atoms. The van der Waals surface area contributed by atoms with E-state index in [1.54, 1.807) is 0 Å². The van der Waals surface area contributed by atoms with Crippen molar-refractivity contribution in [1.82, 2.24) is 4.90 Å². The number of nitrogens with one attached hydrogen (secondary N) is 1. The summed E-state index contributed by atoms with van der Waals surface area (Å²) in [5.41, 5.74) is 2.68. The smallest absolute Gasteiger partial charge is 0.242 e. The maximum Gasteiger partial charge on any atom is 0.242 e. The molecule has 31 heavy (non-hydrogen) atoms. The Hall–Kier alpha value is -2.78. The maximum absolute atomic E-state index is 13.8. The first-order valence-electron chi connectivity index (χ1n) is 9.65. The van der Waals surface area contributed by atoms with Crippen LogP contribution in [0.2, 0.25) is 0 Å². The summed E-state index contributed by atoms with van der Waals surface area (Å²) < 4.78 is 32.0. The number of nitrogens with zero attached hydrogens (tertiary/aromatic N) is 2. The number of thioether (sulfide) groups is 1. The average molecular weight is 448 g/mol. The van der Waals surface area contributed by atoms with Crippen molar-refractivity contribution >= 4 is 40.1 Å². The number of halogens is 2. The minimum absolute atomic E-state index is 0.137. The van der Waals surface area contributed by atoms with Gasteiger partial charge in [0.25, 0.3) is 0 Å². The highest BCUT2D eigenvalue weighted by molar-refractivity contribution is 8.15. The summed E-state index contributed by atoms with van der Waals surface area (Å²) in [6.45, 7) is 4.55. The summed E-state index contributed by atoms with van der Waals surface area (Å²) in [7, 11) is 1.54. The first-order valence-corrected chi connectivity index (χ1v) is 10.5. The molecule has 2 amide bonds. The predicted molar refractivity (Wildman–Crippen MR) is 118 cm³/mol. The molecule has 1 fully saturated rings. The molecule has 1 saturated heterocycles. The molecule has 0 radical (unpaired) electrons. The van der Waals surface area contributed by atoms with Gasteiger partial charge in [0.05, 0.1) is 24.5 Å². The number of ether oxygens (including phenoxy) is 1. The third-order valence-electron chi connectivity index (χ3n) is 4.55. The van der Waals surface area contributed by atoms with Crippen LogP contribution in [0.1, 0.15) is 17.5 Å². The number of hydrogen-bond donors (Lipinski definition) is 1. The molecule has 0 aromatic heterocycles. The fraction of sp³-hybridized carbons (Fsp3) is 0.318. The summed E-state index contributed by atoms with van der Waals surface area (Å²) in [4.78, 5) is 31.4. The zero-order valence-electron chi connectivity index (χ0n) is 17.4. The van der Waals surface area contributed by atoms with Crippen LogP contribution in [0.3, 0.4) is 0 Å². The van der Waals surface area contributed by atoms with E-state index in [1.165, 1.54) is 23.8 Å². The van der Waals surface area contributed by atoms with Crippen LogP contribution in [0, 0.1) is 25.5 Å². The predicted octanol–water partition coefficient (Wildman–Crippen LogP) is 4.19. The number of benzene rings is 2. The van der Waals surface area contributed by atoms with Crippen molar-refractivity contribution in [3.05, 3.63) is 59.2 Å². The first-order chi connectivity index (χ1) is 14.8. The Labute approximate surface area is 183 Å². The van der Waals surface area contributed by atoms with Crippen LogP contribution in [0.5, 0.6) is 0 Å². The summed E-state index contributed by atoms with van der Waals surface area (Å²) >= 11 is 1.19. The van der Waals surface area contributed by atoms with Crippen LogP contribution in [0.25, 0.3) is 0 Å². The molecule has 3 rings (SSSR count). The summed E-state index contributed by atoms with van der Waals surface area (Å²) in [5.74, 6) is -2.42. The Morgan fingerprint density at radius 1 is 1.19 bits per heavy atom. The van der Waals surface area contributed by atoms with Gasteiger partial charge in [-0.05, 0) is 49.2 Å². The van der Waals surface area contributed by atoms with Crippen LogP contribution in [0.4, 0.5) is 20.2 Å². The molecule has 0 aliphatic carbocycles. The van der Waals surface area contributed by atoms with Gasteiger partial charge in [0.1, 0.15) is 16.9 Å². The minimum atomic E-state index is -0.877. The largest absolute Gasteiger partial charge is 0.383 e. The molecule has 9 heteroatoms. The molecular formula is C22H23F2N3O3S. The van der Waals surface area contributed by atoms with Crippen molar-refractivity contribution in [3.8, 4) is 0 Å². The molecule has 1 atom stereocenters. The second kappa shape index (κ2) is 10.0. The van der Waals surface area contributed by atoms with Crippen LogP contribution >= 0.6 is 11.8 Å². The van der Waals surface area contributed by atoms with E-state index in [0.29, 0.717) is 30.1 Å². The van der Waals surface area contributed by atoms with Crippen LogP contribution < -0.4 is 5.32 Å². The minimum Gasteiger partial charge on any atom is -0.383 e. The van der Waals surface area contributed by atoms with Crippen LogP contribution in [0.15, 0.2) is 41.4 Å². The summed E-state index contributed by atoms with van der Waals surface area (Å²) in [5, 5.41) is 2.17. The quantitative estimate of drug-likeness (QED) is 0.691. The fourth-order valence-corrected chi connectivity index (χ4v) is 4.38. The lowest BCUT2D eigenvalue weighted by Crippen LogP contribution is -2.35. The van der Waals surface area contributed by atoms with Crippen LogP contribution in [-0.4, -0.2) is 47.4 Å². The van der Waals surface area contributed by atoms with E-state index in [0.717, 1.165) is 23.3 Å². The first kappa shape index (κ1) is 22.9. The van der Waals surface area contributed by atoms with Crippen molar-refractivity contribution in [2.45, 2.75) is 25.5 Å². The molecule has 2 aromatic carbocycles. The average Bonchev–Trinajstić information content (AvgIpc) is 2.96. The monoisotopic (exact) mass is 447 g/mol. The number of anilines is 1.